The predicted octanol–water partition coefficient (Wildman–Crippen LogP) is 2.44. The smallest absolute Gasteiger partial charge is 0.0816 e. The maximum Gasteiger partial charge on any atom is 0.0816 e. The fourth-order valence-corrected chi connectivity index (χ4v) is 3.63. The van der Waals surface area contributed by atoms with Crippen molar-refractivity contribution in [2.75, 3.05) is 0 Å². The number of rotatable bonds is 4. The van der Waals surface area contributed by atoms with E-state index in [1.165, 1.54) is 18.4 Å². The summed E-state index contributed by atoms with van der Waals surface area (Å²) in [6.07, 6.45) is 6.79. The van der Waals surface area contributed by atoms with Gasteiger partial charge < -0.3 is 0 Å². The van der Waals surface area contributed by atoms with Gasteiger partial charge in [0.1, 0.15) is 0 Å². The second kappa shape index (κ2) is 5.38. The van der Waals surface area contributed by atoms with Gasteiger partial charge in [-0.2, -0.15) is 5.10 Å². The van der Waals surface area contributed by atoms with Gasteiger partial charge in [-0.05, 0) is 24.5 Å². The summed E-state index contributed by atoms with van der Waals surface area (Å²) in [6.45, 7) is 0. The van der Waals surface area contributed by atoms with Gasteiger partial charge in [-0.1, -0.05) is 43.2 Å². The van der Waals surface area contributed by atoms with Crippen molar-refractivity contribution in [3.8, 4) is 0 Å². The Labute approximate surface area is 120 Å². The molecule has 1 unspecified atom stereocenters. The van der Waals surface area contributed by atoms with Crippen LogP contribution in [0, 0.1) is 0 Å². The Morgan fingerprint density at radius 2 is 1.90 bits per heavy atom. The van der Waals surface area contributed by atoms with Gasteiger partial charge in [0.15, 0.2) is 0 Å². The fourth-order valence-electron chi connectivity index (χ4n) is 3.63. The van der Waals surface area contributed by atoms with E-state index in [0.29, 0.717) is 0 Å². The van der Waals surface area contributed by atoms with Crippen LogP contribution in [-0.2, 0) is 12.5 Å². The van der Waals surface area contributed by atoms with E-state index < -0.39 is 0 Å². The van der Waals surface area contributed by atoms with Crippen molar-refractivity contribution in [1.29, 1.82) is 0 Å². The molecule has 1 saturated carbocycles. The Bertz CT molecular complexity index is 555. The molecule has 0 spiro atoms. The zero-order chi connectivity index (χ0) is 14.0. The Hall–Kier alpha value is -1.65. The summed E-state index contributed by atoms with van der Waals surface area (Å²) in [4.78, 5) is 0. The molecule has 0 aliphatic heterocycles. The van der Waals surface area contributed by atoms with E-state index in [-0.39, 0.29) is 11.5 Å². The maximum absolute atomic E-state index is 5.92. The van der Waals surface area contributed by atoms with Crippen molar-refractivity contribution in [2.45, 2.75) is 37.1 Å². The highest BCUT2D eigenvalue weighted by molar-refractivity contribution is 5.32. The highest BCUT2D eigenvalue weighted by Gasteiger charge is 2.44. The third-order valence-corrected chi connectivity index (χ3v) is 4.59. The lowest BCUT2D eigenvalue weighted by Gasteiger charge is -2.37. The summed E-state index contributed by atoms with van der Waals surface area (Å²) >= 11 is 0. The first-order valence-electron chi connectivity index (χ1n) is 7.27. The SMILES string of the molecule is Cn1ccc(C(NN)C2(c3ccccc3)CCCC2)n1. The van der Waals surface area contributed by atoms with Crippen LogP contribution in [0.5, 0.6) is 0 Å². The van der Waals surface area contributed by atoms with Gasteiger partial charge >= 0.3 is 0 Å². The molecule has 20 heavy (non-hydrogen) atoms. The Kier molecular flexibility index (Phi) is 3.59. The Morgan fingerprint density at radius 3 is 2.45 bits per heavy atom. The molecule has 1 aliphatic rings. The molecule has 0 radical (unpaired) electrons. The third-order valence-electron chi connectivity index (χ3n) is 4.59. The first kappa shape index (κ1) is 13.3. The zero-order valence-electron chi connectivity index (χ0n) is 11.9. The van der Waals surface area contributed by atoms with Crippen molar-refractivity contribution < 1.29 is 0 Å². The van der Waals surface area contributed by atoms with E-state index in [0.717, 1.165) is 18.5 Å². The summed E-state index contributed by atoms with van der Waals surface area (Å²) in [6, 6.07) is 12.9. The number of aryl methyl sites for hydroxylation is 1. The van der Waals surface area contributed by atoms with E-state index in [4.69, 9.17) is 5.84 Å². The highest BCUT2D eigenvalue weighted by atomic mass is 15.3. The van der Waals surface area contributed by atoms with Gasteiger partial charge in [0.2, 0.25) is 0 Å². The van der Waals surface area contributed by atoms with E-state index in [9.17, 15) is 0 Å². The lowest BCUT2D eigenvalue weighted by atomic mass is 9.72. The fraction of sp³-hybridized carbons (Fsp3) is 0.438. The zero-order valence-corrected chi connectivity index (χ0v) is 11.9. The van der Waals surface area contributed by atoms with Crippen LogP contribution < -0.4 is 11.3 Å². The minimum absolute atomic E-state index is 0.0599. The average Bonchev–Trinajstić information content (AvgIpc) is 3.12. The van der Waals surface area contributed by atoms with Crippen LogP contribution >= 0.6 is 0 Å². The summed E-state index contributed by atoms with van der Waals surface area (Å²) in [5.74, 6) is 5.92. The summed E-state index contributed by atoms with van der Waals surface area (Å²) in [5, 5.41) is 4.57. The lowest BCUT2D eigenvalue weighted by Crippen LogP contribution is -2.43. The predicted molar refractivity (Wildman–Crippen MR) is 79.9 cm³/mol. The van der Waals surface area contributed by atoms with Crippen LogP contribution in [0.15, 0.2) is 42.6 Å². The molecular formula is C16H22N4. The van der Waals surface area contributed by atoms with E-state index in [2.05, 4.69) is 46.9 Å². The minimum atomic E-state index is 0.0599. The van der Waals surface area contributed by atoms with Crippen molar-refractivity contribution in [2.24, 2.45) is 12.9 Å². The average molecular weight is 270 g/mol. The van der Waals surface area contributed by atoms with Gasteiger partial charge in [0, 0.05) is 18.7 Å². The summed E-state index contributed by atoms with van der Waals surface area (Å²) in [5.41, 5.74) is 5.49. The number of nitrogens with two attached hydrogens (primary N) is 1. The third kappa shape index (κ3) is 2.15. The van der Waals surface area contributed by atoms with Gasteiger partial charge in [-0.25, -0.2) is 0 Å². The number of hydrogen-bond acceptors (Lipinski definition) is 3. The summed E-state index contributed by atoms with van der Waals surface area (Å²) < 4.78 is 1.84. The molecule has 0 amide bonds. The second-order valence-corrected chi connectivity index (χ2v) is 5.74. The topological polar surface area (TPSA) is 55.9 Å². The van der Waals surface area contributed by atoms with Crippen LogP contribution in [0.25, 0.3) is 0 Å². The van der Waals surface area contributed by atoms with Crippen molar-refractivity contribution in [1.82, 2.24) is 15.2 Å². The molecule has 2 aromatic rings. The minimum Gasteiger partial charge on any atom is -0.275 e. The lowest BCUT2D eigenvalue weighted by molar-refractivity contribution is 0.297. The molecule has 1 aliphatic carbocycles. The number of benzene rings is 1. The maximum atomic E-state index is 5.92. The standard InChI is InChI=1S/C16H22N4/c1-20-12-9-14(19-20)15(18-17)16(10-5-6-11-16)13-7-3-2-4-8-13/h2-4,7-9,12,15,18H,5-6,10-11,17H2,1H3. The number of aromatic nitrogens is 2. The van der Waals surface area contributed by atoms with E-state index >= 15 is 0 Å². The monoisotopic (exact) mass is 270 g/mol. The highest BCUT2D eigenvalue weighted by Crippen LogP contribution is 2.48. The number of nitrogens with one attached hydrogen (secondary N) is 1. The van der Waals surface area contributed by atoms with E-state index in [1.807, 2.05) is 17.9 Å². The van der Waals surface area contributed by atoms with Gasteiger partial charge in [-0.15, -0.1) is 0 Å². The Morgan fingerprint density at radius 1 is 1.20 bits per heavy atom. The molecule has 1 fully saturated rings. The molecule has 1 aromatic carbocycles. The molecule has 0 saturated heterocycles. The normalized spacial score (nSPS) is 19.1. The molecule has 4 nitrogen and oxygen atoms in total. The molecule has 1 atom stereocenters. The van der Waals surface area contributed by atoms with Gasteiger partial charge in [-0.3, -0.25) is 16.0 Å². The van der Waals surface area contributed by atoms with Crippen LogP contribution in [0.2, 0.25) is 0 Å². The van der Waals surface area contributed by atoms with E-state index in [1.54, 1.807) is 0 Å². The first-order chi connectivity index (χ1) is 9.76. The molecule has 3 N–H and O–H groups in total. The van der Waals surface area contributed by atoms with Crippen LogP contribution in [0.3, 0.4) is 0 Å². The van der Waals surface area contributed by atoms with Crippen LogP contribution in [0.1, 0.15) is 43.0 Å². The number of nitrogens with zero attached hydrogens (tertiary/aromatic N) is 2. The van der Waals surface area contributed by atoms with Gasteiger partial charge in [0.25, 0.3) is 0 Å². The number of hydrogen-bond donors (Lipinski definition) is 2. The van der Waals surface area contributed by atoms with Crippen molar-refractivity contribution >= 4 is 0 Å². The summed E-state index contributed by atoms with van der Waals surface area (Å²) in [7, 11) is 1.95. The molecule has 1 aromatic heterocycles. The largest absolute Gasteiger partial charge is 0.275 e. The number of hydrazine groups is 1. The molecule has 1 heterocycles. The Balaban J connectivity index is 2.05. The molecule has 106 valence electrons. The molecule has 4 heteroatoms. The van der Waals surface area contributed by atoms with Crippen molar-refractivity contribution in [3.63, 3.8) is 0 Å². The second-order valence-electron chi connectivity index (χ2n) is 5.74. The molecule has 3 rings (SSSR count). The van der Waals surface area contributed by atoms with Crippen molar-refractivity contribution in [3.05, 3.63) is 53.9 Å². The first-order valence-corrected chi connectivity index (χ1v) is 7.27. The quantitative estimate of drug-likeness (QED) is 0.662. The van der Waals surface area contributed by atoms with Crippen LogP contribution in [0.4, 0.5) is 0 Å². The molecular weight excluding hydrogens is 248 g/mol. The van der Waals surface area contributed by atoms with Gasteiger partial charge in [0.05, 0.1) is 11.7 Å². The molecule has 0 bridgehead atoms. The van der Waals surface area contributed by atoms with Crippen LogP contribution in [-0.4, -0.2) is 9.78 Å².